The Kier molecular flexibility index (Phi) is 14.5. The number of benzene rings is 4. The topological polar surface area (TPSA) is 156 Å². The van der Waals surface area contributed by atoms with E-state index in [0.717, 1.165) is 9.87 Å². The van der Waals surface area contributed by atoms with Crippen LogP contribution in [0.15, 0.2) is 77.7 Å². The molecule has 0 atom stereocenters. The molecule has 0 aliphatic heterocycles. The molecule has 0 spiro atoms. The van der Waals surface area contributed by atoms with Crippen LogP contribution < -0.4 is 9.30 Å². The minimum absolute atomic E-state index is 0.0163. The van der Waals surface area contributed by atoms with Crippen molar-refractivity contribution in [3.63, 3.8) is 0 Å². The fourth-order valence-corrected chi connectivity index (χ4v) is 8.52. The summed E-state index contributed by atoms with van der Waals surface area (Å²) in [6.07, 6.45) is 0.923. The van der Waals surface area contributed by atoms with Crippen molar-refractivity contribution in [2.24, 2.45) is 0 Å². The van der Waals surface area contributed by atoms with Crippen molar-refractivity contribution in [3.05, 3.63) is 113 Å². The summed E-state index contributed by atoms with van der Waals surface area (Å²) in [4.78, 5) is 39.5. The number of ketones is 1. The number of aromatic nitrogens is 1. The van der Waals surface area contributed by atoms with E-state index in [4.69, 9.17) is 0 Å². The molecule has 1 aromatic heterocycles. The largest absolute Gasteiger partial charge is 0.420 e. The number of ether oxygens (including phenoxy) is 1. The zero-order valence-corrected chi connectivity index (χ0v) is 33.4. The smallest absolute Gasteiger partial charge is 0.311 e. The molecule has 0 saturated heterocycles. The second-order valence-corrected chi connectivity index (χ2v) is 17.3. The summed E-state index contributed by atoms with van der Waals surface area (Å²) in [6, 6.07) is 19.5. The van der Waals surface area contributed by atoms with Gasteiger partial charge in [0.2, 0.25) is 45.9 Å². The zero-order valence-electron chi connectivity index (χ0n) is 31.7. The van der Waals surface area contributed by atoms with E-state index in [1.54, 1.807) is 72.2 Å². The van der Waals surface area contributed by atoms with Gasteiger partial charge in [0.25, 0.3) is 26.0 Å². The summed E-state index contributed by atoms with van der Waals surface area (Å²) in [5.41, 5.74) is 1.91. The quantitative estimate of drug-likeness (QED) is 0.0101. The second kappa shape index (κ2) is 19.2. The van der Waals surface area contributed by atoms with Gasteiger partial charge in [0.1, 0.15) is 5.78 Å². The van der Waals surface area contributed by atoms with Crippen molar-refractivity contribution < 1.29 is 67.0 Å². The van der Waals surface area contributed by atoms with Gasteiger partial charge in [-0.1, -0.05) is 54.8 Å². The summed E-state index contributed by atoms with van der Waals surface area (Å²) in [7, 11) is -8.71. The first-order valence-electron chi connectivity index (χ1n) is 18.6. The van der Waals surface area contributed by atoms with E-state index in [2.05, 4.69) is 4.74 Å². The molecule has 5 aromatic rings. The van der Waals surface area contributed by atoms with E-state index < -0.39 is 79.0 Å². The Morgan fingerprint density at radius 1 is 0.661 bits per heavy atom. The standard InChI is InChI=1S/C41H39F5N2O9S2/c1-26-19-21-28(22-20-26)59(55,56)48(24-10-13-27(49)12-4-2-3-5-18-33(50)57-40-38(45)36(43)35(42)37(44)39(40)46)41(51)34-29-14-6-8-16-31(29)47(23-11-25-58(52,53)54)32-17-9-7-15-30(32)34/h6-9,14-17,19-22H,2-5,10-13,18,23-25H2,1H3/p+1. The maximum Gasteiger partial charge on any atom is 0.311 e. The van der Waals surface area contributed by atoms with E-state index in [1.165, 1.54) is 12.1 Å². The third-order valence-electron chi connectivity index (χ3n) is 9.55. The van der Waals surface area contributed by atoms with E-state index >= 15 is 0 Å². The first-order chi connectivity index (χ1) is 27.9. The highest BCUT2D eigenvalue weighted by Gasteiger charge is 2.34. The third kappa shape index (κ3) is 10.7. The third-order valence-corrected chi connectivity index (χ3v) is 12.2. The van der Waals surface area contributed by atoms with E-state index in [9.17, 15) is 57.7 Å². The summed E-state index contributed by atoms with van der Waals surface area (Å²) in [5, 5.41) is 0.795. The predicted molar refractivity (Wildman–Crippen MR) is 206 cm³/mol. The van der Waals surface area contributed by atoms with Gasteiger partial charge in [0.15, 0.2) is 6.54 Å². The Labute approximate surface area is 337 Å². The van der Waals surface area contributed by atoms with Gasteiger partial charge in [-0.2, -0.15) is 21.8 Å². The molecule has 4 aromatic carbocycles. The van der Waals surface area contributed by atoms with Crippen molar-refractivity contribution in [1.82, 2.24) is 4.31 Å². The number of rotatable bonds is 19. The number of hydrogen-bond donors (Lipinski definition) is 1. The molecule has 18 heteroatoms. The molecular formula is C41H40F5N2O9S2+. The zero-order chi connectivity index (χ0) is 43.1. The number of pyridine rings is 1. The molecule has 0 aliphatic rings. The summed E-state index contributed by atoms with van der Waals surface area (Å²) in [5.74, 6) is -15.9. The van der Waals surface area contributed by atoms with E-state index in [1.807, 2.05) is 0 Å². The van der Waals surface area contributed by atoms with Crippen LogP contribution in [0.5, 0.6) is 5.75 Å². The normalized spacial score (nSPS) is 11.9. The minimum atomic E-state index is -4.47. The van der Waals surface area contributed by atoms with Crippen molar-refractivity contribution in [1.29, 1.82) is 0 Å². The van der Waals surface area contributed by atoms with Crippen LogP contribution in [0.3, 0.4) is 0 Å². The van der Waals surface area contributed by atoms with Crippen LogP contribution in [0.2, 0.25) is 0 Å². The average Bonchev–Trinajstić information content (AvgIpc) is 3.20. The van der Waals surface area contributed by atoms with Crippen LogP contribution >= 0.6 is 0 Å². The van der Waals surface area contributed by atoms with Gasteiger partial charge in [-0.15, -0.1) is 0 Å². The number of aryl methyl sites for hydroxylation is 2. The number of carbonyl (C=O) groups is 3. The second-order valence-electron chi connectivity index (χ2n) is 13.8. The van der Waals surface area contributed by atoms with Crippen LogP contribution in [0.25, 0.3) is 21.8 Å². The number of unbranched alkanes of at least 4 members (excludes halogenated alkanes) is 3. The van der Waals surface area contributed by atoms with Crippen LogP contribution in [0, 0.1) is 36.0 Å². The van der Waals surface area contributed by atoms with E-state index in [-0.39, 0.29) is 61.4 Å². The van der Waals surface area contributed by atoms with Crippen LogP contribution in [-0.2, 0) is 36.3 Å². The molecule has 0 bridgehead atoms. The van der Waals surface area contributed by atoms with Gasteiger partial charge in [-0.25, -0.2) is 25.9 Å². The molecule has 314 valence electrons. The highest BCUT2D eigenvalue weighted by molar-refractivity contribution is 7.89. The fraction of sp³-hybridized carbons (Fsp3) is 0.317. The maximum absolute atomic E-state index is 14.7. The fourth-order valence-electron chi connectivity index (χ4n) is 6.61. The van der Waals surface area contributed by atoms with Crippen LogP contribution in [0.1, 0.15) is 73.7 Å². The number of halogens is 5. The molecule has 11 nitrogen and oxygen atoms in total. The number of fused-ring (bicyclic) bond motifs is 2. The number of amides is 1. The lowest BCUT2D eigenvalue weighted by atomic mass is 10.0. The van der Waals surface area contributed by atoms with Crippen LogP contribution in [-0.4, -0.2) is 55.7 Å². The SMILES string of the molecule is Cc1ccc(S(=O)(=O)N(CCCC(=O)CCCCCCC(=O)Oc2c(F)c(F)c(F)c(F)c2F)C(=O)c2c3ccccc3[n+](CCCS(=O)(=O)O)c3ccccc23)cc1. The lowest BCUT2D eigenvalue weighted by molar-refractivity contribution is -0.645. The number of Topliss-reactive ketones (excluding diaryl/α,β-unsaturated/α-hetero) is 1. The van der Waals surface area contributed by atoms with Crippen molar-refractivity contribution in [2.45, 2.75) is 76.2 Å². The van der Waals surface area contributed by atoms with Gasteiger partial charge in [-0.05, 0) is 50.5 Å². The highest BCUT2D eigenvalue weighted by atomic mass is 32.2. The number of nitrogens with zero attached hydrogens (tertiary/aromatic N) is 2. The van der Waals surface area contributed by atoms with Gasteiger partial charge in [-0.3, -0.25) is 18.9 Å². The number of hydrogen-bond acceptors (Lipinski definition) is 8. The monoisotopic (exact) mass is 863 g/mol. The van der Waals surface area contributed by atoms with E-state index in [0.29, 0.717) is 41.1 Å². The molecule has 1 heterocycles. The van der Waals surface area contributed by atoms with Gasteiger partial charge in [0.05, 0.1) is 27.0 Å². The Hall–Kier alpha value is -5.33. The molecule has 0 radical (unpaired) electrons. The molecule has 0 unspecified atom stereocenters. The lowest BCUT2D eigenvalue weighted by Gasteiger charge is -2.24. The number of sulfonamides is 1. The Morgan fingerprint density at radius 2 is 1.17 bits per heavy atom. The predicted octanol–water partition coefficient (Wildman–Crippen LogP) is 7.69. The molecule has 1 N–H and O–H groups in total. The molecule has 0 aliphatic carbocycles. The summed E-state index contributed by atoms with van der Waals surface area (Å²) in [6.45, 7) is 1.58. The molecule has 0 saturated carbocycles. The summed E-state index contributed by atoms with van der Waals surface area (Å²) < 4.78 is 135. The van der Waals surface area contributed by atoms with Crippen molar-refractivity contribution in [2.75, 3.05) is 12.3 Å². The highest BCUT2D eigenvalue weighted by Crippen LogP contribution is 2.31. The molecular weight excluding hydrogens is 824 g/mol. The molecule has 59 heavy (non-hydrogen) atoms. The van der Waals surface area contributed by atoms with Gasteiger partial charge >= 0.3 is 5.97 Å². The maximum atomic E-state index is 14.7. The van der Waals surface area contributed by atoms with Crippen LogP contribution in [0.4, 0.5) is 22.0 Å². The first-order valence-corrected chi connectivity index (χ1v) is 21.6. The number of carbonyl (C=O) groups excluding carboxylic acids is 3. The van der Waals surface area contributed by atoms with Gasteiger partial charge in [0, 0.05) is 44.4 Å². The van der Waals surface area contributed by atoms with Crippen molar-refractivity contribution in [3.8, 4) is 5.75 Å². The minimum Gasteiger partial charge on any atom is -0.420 e. The molecule has 1 amide bonds. The summed E-state index contributed by atoms with van der Waals surface area (Å²) >= 11 is 0. The Bertz CT molecular complexity index is 2540. The Morgan fingerprint density at radius 3 is 1.73 bits per heavy atom. The lowest BCUT2D eigenvalue weighted by Crippen LogP contribution is -2.40. The Balaban J connectivity index is 1.27. The number of esters is 1. The average molecular weight is 864 g/mol. The van der Waals surface area contributed by atoms with Crippen molar-refractivity contribution >= 4 is 59.6 Å². The molecule has 5 rings (SSSR count). The number of para-hydroxylation sites is 2. The molecule has 0 fully saturated rings. The first kappa shape index (κ1) is 44.8. The van der Waals surface area contributed by atoms with Gasteiger partial charge < -0.3 is 4.74 Å².